The molecule has 17 heavy (non-hydrogen) atoms. The summed E-state index contributed by atoms with van der Waals surface area (Å²) in [6, 6.07) is 9.07. The number of nitrogens with one attached hydrogen (secondary N) is 1. The van der Waals surface area contributed by atoms with Gasteiger partial charge in [0.15, 0.2) is 0 Å². The van der Waals surface area contributed by atoms with Gasteiger partial charge < -0.3 is 5.32 Å². The highest BCUT2D eigenvalue weighted by molar-refractivity contribution is 6.30. The largest absolute Gasteiger partial charge is 0.314 e. The molecule has 0 bridgehead atoms. The quantitative estimate of drug-likeness (QED) is 0.888. The summed E-state index contributed by atoms with van der Waals surface area (Å²) in [5.41, 5.74) is 1.44. The average Bonchev–Trinajstić information content (AvgIpc) is 3.18. The van der Waals surface area contributed by atoms with Crippen LogP contribution in [0.25, 0.3) is 0 Å². The molecular formula is C14H19ClN2. The van der Waals surface area contributed by atoms with Crippen LogP contribution in [-0.4, -0.2) is 31.1 Å². The minimum Gasteiger partial charge on any atom is -0.314 e. The van der Waals surface area contributed by atoms with Crippen molar-refractivity contribution in [3.05, 3.63) is 34.9 Å². The molecule has 0 amide bonds. The van der Waals surface area contributed by atoms with Crippen LogP contribution in [0, 0.1) is 5.92 Å². The van der Waals surface area contributed by atoms with Crippen LogP contribution in [0.15, 0.2) is 24.3 Å². The second-order valence-electron chi connectivity index (χ2n) is 5.12. The molecular weight excluding hydrogens is 232 g/mol. The van der Waals surface area contributed by atoms with Gasteiger partial charge in [-0.05, 0) is 36.5 Å². The van der Waals surface area contributed by atoms with Gasteiger partial charge in [0.1, 0.15) is 0 Å². The van der Waals surface area contributed by atoms with Crippen molar-refractivity contribution in [1.29, 1.82) is 0 Å². The van der Waals surface area contributed by atoms with Crippen molar-refractivity contribution in [2.75, 3.05) is 26.2 Å². The minimum absolute atomic E-state index is 0.620. The number of piperazine rings is 1. The van der Waals surface area contributed by atoms with Gasteiger partial charge in [0, 0.05) is 37.2 Å². The first kappa shape index (κ1) is 11.5. The number of nitrogens with zero attached hydrogens (tertiary/aromatic N) is 1. The van der Waals surface area contributed by atoms with Gasteiger partial charge in [0.2, 0.25) is 0 Å². The summed E-state index contributed by atoms with van der Waals surface area (Å²) in [4.78, 5) is 2.64. The van der Waals surface area contributed by atoms with E-state index in [0.29, 0.717) is 6.04 Å². The normalized spacial score (nSPS) is 23.6. The highest BCUT2D eigenvalue weighted by atomic mass is 35.5. The lowest BCUT2D eigenvalue weighted by molar-refractivity contribution is 0.156. The Morgan fingerprint density at radius 3 is 2.35 bits per heavy atom. The Morgan fingerprint density at radius 1 is 1.12 bits per heavy atom. The van der Waals surface area contributed by atoms with Crippen molar-refractivity contribution in [3.63, 3.8) is 0 Å². The maximum Gasteiger partial charge on any atom is 0.0406 e. The van der Waals surface area contributed by atoms with E-state index in [1.807, 2.05) is 12.1 Å². The van der Waals surface area contributed by atoms with Crippen LogP contribution in [-0.2, 0) is 0 Å². The summed E-state index contributed by atoms with van der Waals surface area (Å²) in [7, 11) is 0. The van der Waals surface area contributed by atoms with Crippen LogP contribution in [0.4, 0.5) is 0 Å². The summed E-state index contributed by atoms with van der Waals surface area (Å²) in [5, 5.41) is 4.26. The molecule has 0 unspecified atom stereocenters. The van der Waals surface area contributed by atoms with Crippen LogP contribution in [0.1, 0.15) is 24.4 Å². The highest BCUT2D eigenvalue weighted by Gasteiger charge is 2.36. The zero-order valence-electron chi connectivity index (χ0n) is 10.0. The van der Waals surface area contributed by atoms with Gasteiger partial charge in [-0.3, -0.25) is 4.90 Å². The average molecular weight is 251 g/mol. The van der Waals surface area contributed by atoms with Crippen molar-refractivity contribution in [2.24, 2.45) is 5.92 Å². The van der Waals surface area contributed by atoms with E-state index in [1.54, 1.807) is 0 Å². The fourth-order valence-corrected chi connectivity index (χ4v) is 2.94. The number of halogens is 1. The van der Waals surface area contributed by atoms with Crippen molar-refractivity contribution in [2.45, 2.75) is 18.9 Å². The Hall–Kier alpha value is -0.570. The third-order valence-electron chi connectivity index (χ3n) is 3.83. The standard InChI is InChI=1S/C14H19ClN2/c15-13-5-3-12(4-6-13)14(11-1-2-11)17-9-7-16-8-10-17/h3-6,11,14,16H,1-2,7-10H2/t14-/m1/s1. The molecule has 1 aliphatic heterocycles. The van der Waals surface area contributed by atoms with Crippen LogP contribution < -0.4 is 5.32 Å². The Kier molecular flexibility index (Phi) is 3.37. The Morgan fingerprint density at radius 2 is 1.76 bits per heavy atom. The molecule has 2 aliphatic rings. The topological polar surface area (TPSA) is 15.3 Å². The third kappa shape index (κ3) is 2.65. The van der Waals surface area contributed by atoms with Crippen LogP contribution >= 0.6 is 11.6 Å². The Labute approximate surface area is 108 Å². The lowest BCUT2D eigenvalue weighted by atomic mass is 10.00. The molecule has 1 saturated carbocycles. The fourth-order valence-electron chi connectivity index (χ4n) is 2.81. The maximum atomic E-state index is 5.97. The fraction of sp³-hybridized carbons (Fsp3) is 0.571. The summed E-state index contributed by atoms with van der Waals surface area (Å²) >= 11 is 5.97. The highest BCUT2D eigenvalue weighted by Crippen LogP contribution is 2.44. The summed E-state index contributed by atoms with van der Waals surface area (Å²) < 4.78 is 0. The van der Waals surface area contributed by atoms with E-state index in [4.69, 9.17) is 11.6 Å². The molecule has 1 heterocycles. The van der Waals surface area contributed by atoms with Crippen molar-refractivity contribution >= 4 is 11.6 Å². The molecule has 0 radical (unpaired) electrons. The van der Waals surface area contributed by atoms with Crippen LogP contribution in [0.2, 0.25) is 5.02 Å². The van der Waals surface area contributed by atoms with Crippen LogP contribution in [0.3, 0.4) is 0 Å². The molecule has 1 atom stereocenters. The van der Waals surface area contributed by atoms with Gasteiger partial charge in [0.05, 0.1) is 0 Å². The molecule has 0 spiro atoms. The van der Waals surface area contributed by atoms with Crippen molar-refractivity contribution in [3.8, 4) is 0 Å². The molecule has 3 heteroatoms. The lowest BCUT2D eigenvalue weighted by Gasteiger charge is -2.35. The van der Waals surface area contributed by atoms with Gasteiger partial charge in [0.25, 0.3) is 0 Å². The van der Waals surface area contributed by atoms with E-state index in [2.05, 4.69) is 22.3 Å². The van der Waals surface area contributed by atoms with E-state index < -0.39 is 0 Å². The Balaban J connectivity index is 1.81. The zero-order chi connectivity index (χ0) is 11.7. The van der Waals surface area contributed by atoms with E-state index in [1.165, 1.54) is 31.5 Å². The van der Waals surface area contributed by atoms with Crippen LogP contribution in [0.5, 0.6) is 0 Å². The van der Waals surface area contributed by atoms with Gasteiger partial charge in [-0.15, -0.1) is 0 Å². The van der Waals surface area contributed by atoms with E-state index >= 15 is 0 Å². The Bertz CT molecular complexity index is 366. The molecule has 92 valence electrons. The third-order valence-corrected chi connectivity index (χ3v) is 4.08. The SMILES string of the molecule is Clc1ccc([C@@H](C2CC2)N2CCNCC2)cc1. The number of rotatable bonds is 3. The molecule has 2 nitrogen and oxygen atoms in total. The van der Waals surface area contributed by atoms with E-state index in [9.17, 15) is 0 Å². The minimum atomic E-state index is 0.620. The van der Waals surface area contributed by atoms with E-state index in [-0.39, 0.29) is 0 Å². The first-order valence-electron chi connectivity index (χ1n) is 6.55. The summed E-state index contributed by atoms with van der Waals surface area (Å²) in [6.45, 7) is 4.58. The van der Waals surface area contributed by atoms with Gasteiger partial charge in [-0.1, -0.05) is 23.7 Å². The smallest absolute Gasteiger partial charge is 0.0406 e. The molecule has 2 fully saturated rings. The monoisotopic (exact) mass is 250 g/mol. The molecule has 0 aromatic heterocycles. The van der Waals surface area contributed by atoms with E-state index in [0.717, 1.165) is 24.0 Å². The second kappa shape index (κ2) is 4.97. The molecule has 3 rings (SSSR count). The summed E-state index contributed by atoms with van der Waals surface area (Å²) in [6.07, 6.45) is 2.77. The van der Waals surface area contributed by atoms with Gasteiger partial charge in [-0.25, -0.2) is 0 Å². The predicted octanol–water partition coefficient (Wildman–Crippen LogP) is 2.70. The van der Waals surface area contributed by atoms with Crippen molar-refractivity contribution in [1.82, 2.24) is 10.2 Å². The maximum absolute atomic E-state index is 5.97. The first-order valence-corrected chi connectivity index (χ1v) is 6.92. The van der Waals surface area contributed by atoms with Gasteiger partial charge >= 0.3 is 0 Å². The lowest BCUT2D eigenvalue weighted by Crippen LogP contribution is -2.45. The number of hydrogen-bond donors (Lipinski definition) is 1. The molecule has 1 saturated heterocycles. The van der Waals surface area contributed by atoms with Crippen molar-refractivity contribution < 1.29 is 0 Å². The summed E-state index contributed by atoms with van der Waals surface area (Å²) in [5.74, 6) is 0.870. The number of benzene rings is 1. The number of hydrogen-bond acceptors (Lipinski definition) is 2. The molecule has 1 aliphatic carbocycles. The molecule has 1 aromatic carbocycles. The molecule has 1 aromatic rings. The molecule has 1 N–H and O–H groups in total. The second-order valence-corrected chi connectivity index (χ2v) is 5.56. The van der Waals surface area contributed by atoms with Gasteiger partial charge in [-0.2, -0.15) is 0 Å². The first-order chi connectivity index (χ1) is 8.34. The zero-order valence-corrected chi connectivity index (χ0v) is 10.8. The predicted molar refractivity (Wildman–Crippen MR) is 71.4 cm³/mol.